The van der Waals surface area contributed by atoms with E-state index in [9.17, 15) is 9.59 Å². The molecule has 2 atom stereocenters. The van der Waals surface area contributed by atoms with Crippen molar-refractivity contribution < 1.29 is 9.59 Å². The third kappa shape index (κ3) is 4.09. The van der Waals surface area contributed by atoms with Gasteiger partial charge in [-0.1, -0.05) is 38.1 Å². The average molecular weight is 357 g/mol. The Hall–Kier alpha value is -1.88. The van der Waals surface area contributed by atoms with E-state index in [-0.39, 0.29) is 23.8 Å². The van der Waals surface area contributed by atoms with Crippen molar-refractivity contribution in [2.45, 2.75) is 45.6 Å². The maximum absolute atomic E-state index is 13.3. The summed E-state index contributed by atoms with van der Waals surface area (Å²) in [5.41, 5.74) is 2.51. The van der Waals surface area contributed by atoms with Crippen LogP contribution in [0.15, 0.2) is 24.3 Å². The number of amides is 2. The maximum Gasteiger partial charge on any atom is 0.228 e. The Morgan fingerprint density at radius 1 is 1.15 bits per heavy atom. The van der Waals surface area contributed by atoms with Gasteiger partial charge in [0.2, 0.25) is 11.8 Å². The van der Waals surface area contributed by atoms with Crippen LogP contribution in [0.5, 0.6) is 0 Å². The van der Waals surface area contributed by atoms with E-state index in [4.69, 9.17) is 0 Å². The number of aryl methyl sites for hydroxylation is 1. The number of piperazine rings is 1. The Morgan fingerprint density at radius 3 is 2.62 bits per heavy atom. The van der Waals surface area contributed by atoms with Crippen molar-refractivity contribution in [1.29, 1.82) is 0 Å². The minimum Gasteiger partial charge on any atom is -0.342 e. The zero-order chi connectivity index (χ0) is 18.5. The molecule has 26 heavy (non-hydrogen) atoms. The molecule has 2 aliphatic heterocycles. The molecule has 1 aromatic carbocycles. The minimum atomic E-state index is -0.0604. The zero-order valence-electron chi connectivity index (χ0n) is 16.0. The molecule has 5 nitrogen and oxygen atoms in total. The molecule has 0 aliphatic carbocycles. The number of nitrogens with zero attached hydrogens (tertiary/aromatic N) is 2. The van der Waals surface area contributed by atoms with Crippen LogP contribution in [0.1, 0.15) is 50.3 Å². The number of likely N-dealkylation sites (tertiary alicyclic amines) is 1. The predicted molar refractivity (Wildman–Crippen MR) is 103 cm³/mol. The number of hydrogen-bond acceptors (Lipinski definition) is 3. The first-order valence-corrected chi connectivity index (χ1v) is 10.0. The van der Waals surface area contributed by atoms with Crippen molar-refractivity contribution in [2.24, 2.45) is 5.92 Å². The van der Waals surface area contributed by atoms with E-state index in [0.29, 0.717) is 13.0 Å². The molecule has 5 heteroatoms. The van der Waals surface area contributed by atoms with Crippen LogP contribution >= 0.6 is 0 Å². The molecule has 1 aromatic rings. The van der Waals surface area contributed by atoms with Crippen LogP contribution in [-0.2, 0) is 16.0 Å². The normalized spacial score (nSPS) is 23.8. The number of hydrogen-bond donors (Lipinski definition) is 1. The smallest absolute Gasteiger partial charge is 0.228 e. The number of nitrogens with one attached hydrogen (secondary N) is 1. The van der Waals surface area contributed by atoms with Crippen LogP contribution in [0.25, 0.3) is 0 Å². The number of carbonyl (C=O) groups is 2. The Bertz CT molecular complexity index is 629. The van der Waals surface area contributed by atoms with Gasteiger partial charge in [-0.25, -0.2) is 0 Å². The quantitative estimate of drug-likeness (QED) is 0.900. The Balaban J connectivity index is 1.73. The lowest BCUT2D eigenvalue weighted by Gasteiger charge is -2.41. The van der Waals surface area contributed by atoms with Crippen LogP contribution in [0.2, 0.25) is 0 Å². The fourth-order valence-electron chi connectivity index (χ4n) is 4.10. The first kappa shape index (κ1) is 18.9. The van der Waals surface area contributed by atoms with Gasteiger partial charge in [-0.3, -0.25) is 9.59 Å². The number of piperidine rings is 1. The van der Waals surface area contributed by atoms with Crippen molar-refractivity contribution in [3.05, 3.63) is 35.4 Å². The largest absolute Gasteiger partial charge is 0.342 e. The summed E-state index contributed by atoms with van der Waals surface area (Å²) >= 11 is 0. The average Bonchev–Trinajstić information content (AvgIpc) is 2.72. The van der Waals surface area contributed by atoms with Gasteiger partial charge in [0.05, 0.1) is 12.0 Å². The van der Waals surface area contributed by atoms with Crippen molar-refractivity contribution in [1.82, 2.24) is 15.1 Å². The van der Waals surface area contributed by atoms with E-state index in [1.807, 2.05) is 16.7 Å². The molecule has 0 saturated carbocycles. The van der Waals surface area contributed by atoms with Crippen LogP contribution in [0, 0.1) is 5.92 Å². The highest BCUT2D eigenvalue weighted by atomic mass is 16.2. The van der Waals surface area contributed by atoms with E-state index < -0.39 is 0 Å². The molecule has 2 saturated heterocycles. The highest BCUT2D eigenvalue weighted by Crippen LogP contribution is 2.27. The molecule has 142 valence electrons. The van der Waals surface area contributed by atoms with Crippen LogP contribution in [0.3, 0.4) is 0 Å². The maximum atomic E-state index is 13.3. The fourth-order valence-corrected chi connectivity index (χ4v) is 4.10. The molecule has 2 fully saturated rings. The highest BCUT2D eigenvalue weighted by Gasteiger charge is 2.35. The summed E-state index contributed by atoms with van der Waals surface area (Å²) in [6.45, 7) is 7.77. The van der Waals surface area contributed by atoms with Crippen molar-refractivity contribution in [2.75, 3.05) is 32.7 Å². The Kier molecular flexibility index (Phi) is 6.30. The van der Waals surface area contributed by atoms with Crippen molar-refractivity contribution in [3.63, 3.8) is 0 Å². The van der Waals surface area contributed by atoms with Crippen LogP contribution < -0.4 is 5.32 Å². The van der Waals surface area contributed by atoms with Gasteiger partial charge in [0.15, 0.2) is 0 Å². The molecule has 0 aromatic heterocycles. The van der Waals surface area contributed by atoms with E-state index in [1.165, 1.54) is 11.1 Å². The van der Waals surface area contributed by atoms with Gasteiger partial charge < -0.3 is 15.1 Å². The molecule has 1 N–H and O–H groups in total. The van der Waals surface area contributed by atoms with Gasteiger partial charge in [-0.2, -0.15) is 0 Å². The molecule has 0 radical (unpaired) electrons. The number of benzene rings is 1. The first-order valence-electron chi connectivity index (χ1n) is 10.0. The summed E-state index contributed by atoms with van der Waals surface area (Å²) in [4.78, 5) is 29.2. The summed E-state index contributed by atoms with van der Waals surface area (Å²) < 4.78 is 0. The molecule has 2 unspecified atom stereocenters. The van der Waals surface area contributed by atoms with Crippen LogP contribution in [-0.4, -0.2) is 54.3 Å². The molecule has 0 spiro atoms. The van der Waals surface area contributed by atoms with E-state index >= 15 is 0 Å². The summed E-state index contributed by atoms with van der Waals surface area (Å²) in [5, 5.41) is 3.43. The van der Waals surface area contributed by atoms with Gasteiger partial charge in [0, 0.05) is 39.1 Å². The fraction of sp³-hybridized carbons (Fsp3) is 0.619. The van der Waals surface area contributed by atoms with E-state index in [2.05, 4.69) is 36.5 Å². The lowest BCUT2D eigenvalue weighted by molar-refractivity contribution is -0.143. The van der Waals surface area contributed by atoms with E-state index in [0.717, 1.165) is 45.4 Å². The molecular weight excluding hydrogens is 326 g/mol. The SMILES string of the molecule is CCC(=O)N1CCCC(C(=O)N2CCNCC2c2ccc(CC)cc2)C1. The van der Waals surface area contributed by atoms with Crippen molar-refractivity contribution >= 4 is 11.8 Å². The topological polar surface area (TPSA) is 52.7 Å². The van der Waals surface area contributed by atoms with Gasteiger partial charge in [0.1, 0.15) is 0 Å². The second-order valence-corrected chi connectivity index (χ2v) is 7.38. The van der Waals surface area contributed by atoms with Gasteiger partial charge in [-0.05, 0) is 30.4 Å². The highest BCUT2D eigenvalue weighted by molar-refractivity contribution is 5.82. The predicted octanol–water partition coefficient (Wildman–Crippen LogP) is 2.37. The molecule has 2 heterocycles. The standard InChI is InChI=1S/C21H31N3O2/c1-3-16-7-9-17(10-8-16)19-14-22-11-13-24(19)21(26)18-6-5-12-23(15-18)20(25)4-2/h7-10,18-19,22H,3-6,11-15H2,1-2H3. The molecule has 2 amide bonds. The van der Waals surface area contributed by atoms with E-state index in [1.54, 1.807) is 0 Å². The first-order chi connectivity index (χ1) is 12.6. The summed E-state index contributed by atoms with van der Waals surface area (Å²) in [7, 11) is 0. The molecule has 2 aliphatic rings. The molecule has 3 rings (SSSR count). The second-order valence-electron chi connectivity index (χ2n) is 7.38. The van der Waals surface area contributed by atoms with Crippen molar-refractivity contribution in [3.8, 4) is 0 Å². The lowest BCUT2D eigenvalue weighted by Crippen LogP contribution is -2.53. The number of carbonyl (C=O) groups excluding carboxylic acids is 2. The Labute approximate surface area is 156 Å². The van der Waals surface area contributed by atoms with Gasteiger partial charge in [0.25, 0.3) is 0 Å². The monoisotopic (exact) mass is 357 g/mol. The Morgan fingerprint density at radius 2 is 1.92 bits per heavy atom. The second kappa shape index (κ2) is 8.67. The molecular formula is C21H31N3O2. The van der Waals surface area contributed by atoms with Gasteiger partial charge >= 0.3 is 0 Å². The van der Waals surface area contributed by atoms with Crippen LogP contribution in [0.4, 0.5) is 0 Å². The molecule has 0 bridgehead atoms. The van der Waals surface area contributed by atoms with Gasteiger partial charge in [-0.15, -0.1) is 0 Å². The summed E-state index contributed by atoms with van der Waals surface area (Å²) in [6.07, 6.45) is 3.35. The summed E-state index contributed by atoms with van der Waals surface area (Å²) in [6, 6.07) is 8.72. The number of rotatable bonds is 4. The zero-order valence-corrected chi connectivity index (χ0v) is 16.0. The third-order valence-electron chi connectivity index (χ3n) is 5.72. The third-order valence-corrected chi connectivity index (χ3v) is 5.72. The minimum absolute atomic E-state index is 0.0604. The summed E-state index contributed by atoms with van der Waals surface area (Å²) in [5.74, 6) is 0.314. The lowest BCUT2D eigenvalue weighted by atomic mass is 9.93.